The van der Waals surface area contributed by atoms with Gasteiger partial charge < -0.3 is 10.6 Å². The smallest absolute Gasteiger partial charge is 0.329 e. The summed E-state index contributed by atoms with van der Waals surface area (Å²) in [4.78, 5) is 40.5. The van der Waals surface area contributed by atoms with E-state index < -0.39 is 33.5 Å². The van der Waals surface area contributed by atoms with Crippen LogP contribution in [0.1, 0.15) is 36.5 Å². The van der Waals surface area contributed by atoms with Crippen molar-refractivity contribution in [1.29, 1.82) is 0 Å². The van der Waals surface area contributed by atoms with Crippen LogP contribution in [0.4, 0.5) is 10.5 Å². The molecule has 4 amide bonds. The Hall–Kier alpha value is -3.44. The third kappa shape index (κ3) is 4.96. The highest BCUT2D eigenvalue weighted by Crippen LogP contribution is 2.43. The number of fused-ring (bicyclic) bond motifs is 1. The summed E-state index contributed by atoms with van der Waals surface area (Å²) in [5, 5.41) is 5.63. The molecule has 12 heteroatoms. The summed E-state index contributed by atoms with van der Waals surface area (Å²) in [5.41, 5.74) is 1.78. The number of hydrogen-bond donors (Lipinski definition) is 2. The van der Waals surface area contributed by atoms with Gasteiger partial charge in [-0.3, -0.25) is 9.59 Å². The van der Waals surface area contributed by atoms with Crippen LogP contribution < -0.4 is 15.5 Å². The molecule has 0 bridgehead atoms. The molecule has 1 saturated heterocycles. The number of carbonyl (C=O) groups excluding carboxylic acids is 3. The normalized spacial score (nSPS) is 22.5. The van der Waals surface area contributed by atoms with Gasteiger partial charge in [0.2, 0.25) is 15.9 Å². The molecule has 2 heterocycles. The largest absolute Gasteiger partial charge is 0.351 e. The highest BCUT2D eigenvalue weighted by molar-refractivity contribution is 7.89. The summed E-state index contributed by atoms with van der Waals surface area (Å²) in [6.45, 7) is 1.78. The van der Waals surface area contributed by atoms with E-state index in [2.05, 4.69) is 10.6 Å². The third-order valence-electron chi connectivity index (χ3n) is 8.24. The number of benzene rings is 3. The SMILES string of the molecule is CC1(C2CC2)NC(=O)N(c2cccc(CNC(=O)C3Cc4ccccc4CN3S(=O)(=O)c3c(Cl)cccc3Cl)c2)C1=O. The predicted molar refractivity (Wildman–Crippen MR) is 159 cm³/mol. The summed E-state index contributed by atoms with van der Waals surface area (Å²) in [6.07, 6.45) is 1.94. The van der Waals surface area contributed by atoms with Crippen LogP contribution in [0.15, 0.2) is 71.6 Å². The maximum Gasteiger partial charge on any atom is 0.329 e. The molecule has 2 N–H and O–H groups in total. The molecular weight excluding hydrogens is 599 g/mol. The molecule has 1 aliphatic carbocycles. The van der Waals surface area contributed by atoms with Gasteiger partial charge in [-0.1, -0.05) is 65.7 Å². The Morgan fingerprint density at radius 1 is 1.00 bits per heavy atom. The van der Waals surface area contributed by atoms with Crippen molar-refractivity contribution in [3.8, 4) is 0 Å². The summed E-state index contributed by atoms with van der Waals surface area (Å²) >= 11 is 12.6. The van der Waals surface area contributed by atoms with Gasteiger partial charge in [0.15, 0.2) is 0 Å². The van der Waals surface area contributed by atoms with E-state index >= 15 is 0 Å². The van der Waals surface area contributed by atoms with Crippen LogP contribution in [0, 0.1) is 5.92 Å². The molecule has 9 nitrogen and oxygen atoms in total. The summed E-state index contributed by atoms with van der Waals surface area (Å²) in [7, 11) is -4.27. The first-order chi connectivity index (χ1) is 20.0. The number of imide groups is 1. The number of urea groups is 1. The van der Waals surface area contributed by atoms with E-state index in [1.807, 2.05) is 24.3 Å². The molecule has 0 aromatic heterocycles. The first-order valence-electron chi connectivity index (χ1n) is 13.6. The van der Waals surface area contributed by atoms with Gasteiger partial charge in [-0.2, -0.15) is 4.31 Å². The molecule has 3 aliphatic rings. The second-order valence-corrected chi connectivity index (χ2v) is 13.7. The first kappa shape index (κ1) is 28.7. The third-order valence-corrected chi connectivity index (χ3v) is 11.1. The van der Waals surface area contributed by atoms with E-state index in [0.29, 0.717) is 11.3 Å². The Morgan fingerprint density at radius 2 is 1.67 bits per heavy atom. The number of hydrogen-bond acceptors (Lipinski definition) is 5. The number of halogens is 2. The molecule has 1 saturated carbocycles. The molecule has 218 valence electrons. The second kappa shape index (κ2) is 10.7. The van der Waals surface area contributed by atoms with Crippen LogP contribution in [-0.4, -0.2) is 42.1 Å². The van der Waals surface area contributed by atoms with E-state index in [1.54, 1.807) is 37.3 Å². The van der Waals surface area contributed by atoms with Gasteiger partial charge in [-0.15, -0.1) is 0 Å². The zero-order chi connectivity index (χ0) is 29.8. The standard InChI is InChI=1S/C30H28Cl2N4O5S/c1-30(21-12-13-21)28(38)36(29(39)34-30)22-9-4-6-18(14-22)16-33-27(37)25-15-19-7-2-3-8-20(19)17-35(25)42(40,41)26-23(31)10-5-11-24(26)32/h2-11,14,21,25H,12-13,15-17H2,1H3,(H,33,37)(H,34,39). The average molecular weight is 628 g/mol. The monoisotopic (exact) mass is 626 g/mol. The fourth-order valence-electron chi connectivity index (χ4n) is 5.76. The van der Waals surface area contributed by atoms with Crippen molar-refractivity contribution < 1.29 is 22.8 Å². The minimum Gasteiger partial charge on any atom is -0.351 e. The molecule has 2 atom stereocenters. The van der Waals surface area contributed by atoms with Crippen molar-refractivity contribution in [2.75, 3.05) is 4.90 Å². The summed E-state index contributed by atoms with van der Waals surface area (Å²) in [6, 6.07) is 17.1. The zero-order valence-electron chi connectivity index (χ0n) is 22.6. The molecule has 42 heavy (non-hydrogen) atoms. The molecule has 0 radical (unpaired) electrons. The Morgan fingerprint density at radius 3 is 2.36 bits per heavy atom. The zero-order valence-corrected chi connectivity index (χ0v) is 25.0. The second-order valence-electron chi connectivity index (χ2n) is 11.0. The van der Waals surface area contributed by atoms with Gasteiger partial charge in [0.25, 0.3) is 5.91 Å². The topological polar surface area (TPSA) is 116 Å². The van der Waals surface area contributed by atoms with Gasteiger partial charge in [-0.05, 0) is 73.1 Å². The highest BCUT2D eigenvalue weighted by atomic mass is 35.5. The van der Waals surface area contributed by atoms with Crippen LogP contribution in [0.2, 0.25) is 10.0 Å². The lowest BCUT2D eigenvalue weighted by atomic mass is 9.95. The van der Waals surface area contributed by atoms with Crippen molar-refractivity contribution in [1.82, 2.24) is 14.9 Å². The Balaban J connectivity index is 1.24. The van der Waals surface area contributed by atoms with Gasteiger partial charge in [0.1, 0.15) is 16.5 Å². The predicted octanol–water partition coefficient (Wildman–Crippen LogP) is 4.65. The van der Waals surface area contributed by atoms with E-state index in [0.717, 1.165) is 33.2 Å². The molecule has 0 spiro atoms. The number of sulfonamides is 1. The van der Waals surface area contributed by atoms with E-state index in [4.69, 9.17) is 23.2 Å². The van der Waals surface area contributed by atoms with E-state index in [-0.39, 0.29) is 46.3 Å². The lowest BCUT2D eigenvalue weighted by Gasteiger charge is -2.35. The number of rotatable bonds is 7. The molecule has 3 aromatic rings. The minimum absolute atomic E-state index is 0.0282. The molecule has 2 aliphatic heterocycles. The first-order valence-corrected chi connectivity index (χ1v) is 15.8. The quantitative estimate of drug-likeness (QED) is 0.370. The van der Waals surface area contributed by atoms with Crippen LogP contribution in [0.25, 0.3) is 0 Å². The molecular formula is C30H28Cl2N4O5S. The van der Waals surface area contributed by atoms with Crippen LogP contribution in [0.3, 0.4) is 0 Å². The van der Waals surface area contributed by atoms with Gasteiger partial charge in [0.05, 0.1) is 15.7 Å². The van der Waals surface area contributed by atoms with Crippen LogP contribution in [0.5, 0.6) is 0 Å². The number of amides is 4. The average Bonchev–Trinajstić information content (AvgIpc) is 3.78. The number of nitrogens with one attached hydrogen (secondary N) is 2. The maximum atomic E-state index is 13.9. The molecule has 2 unspecified atom stereocenters. The fraction of sp³-hybridized carbons (Fsp3) is 0.300. The molecule has 6 rings (SSSR count). The Labute approximate surface area is 253 Å². The van der Waals surface area contributed by atoms with Crippen LogP contribution in [-0.2, 0) is 39.1 Å². The lowest BCUT2D eigenvalue weighted by molar-refractivity contribution is -0.125. The lowest BCUT2D eigenvalue weighted by Crippen LogP contribution is -2.52. The van der Waals surface area contributed by atoms with Crippen molar-refractivity contribution in [2.24, 2.45) is 5.92 Å². The van der Waals surface area contributed by atoms with Gasteiger partial charge in [0, 0.05) is 13.1 Å². The van der Waals surface area contributed by atoms with Crippen molar-refractivity contribution in [3.05, 3.63) is 93.5 Å². The number of anilines is 1. The maximum absolute atomic E-state index is 13.9. The number of carbonyl (C=O) groups is 3. The highest BCUT2D eigenvalue weighted by Gasteiger charge is 2.56. The Kier molecular flexibility index (Phi) is 7.29. The van der Waals surface area contributed by atoms with Gasteiger partial charge in [-0.25, -0.2) is 18.1 Å². The fourth-order valence-corrected chi connectivity index (χ4v) is 8.42. The van der Waals surface area contributed by atoms with E-state index in [9.17, 15) is 22.8 Å². The minimum atomic E-state index is -4.27. The van der Waals surface area contributed by atoms with Crippen molar-refractivity contribution >= 4 is 56.8 Å². The molecule has 3 aromatic carbocycles. The molecule has 2 fully saturated rings. The van der Waals surface area contributed by atoms with Crippen LogP contribution >= 0.6 is 23.2 Å². The van der Waals surface area contributed by atoms with E-state index in [1.165, 1.54) is 12.1 Å². The van der Waals surface area contributed by atoms with Gasteiger partial charge >= 0.3 is 6.03 Å². The number of nitrogens with zero attached hydrogens (tertiary/aromatic N) is 2. The summed E-state index contributed by atoms with van der Waals surface area (Å²) < 4.78 is 28.9. The Bertz CT molecular complexity index is 1710. The summed E-state index contributed by atoms with van der Waals surface area (Å²) in [5.74, 6) is -0.670. The van der Waals surface area contributed by atoms with Crippen molar-refractivity contribution in [2.45, 2.75) is 55.8 Å². The van der Waals surface area contributed by atoms with Crippen molar-refractivity contribution in [3.63, 3.8) is 0 Å².